The smallest absolute Gasteiger partial charge is 0.294 e. The summed E-state index contributed by atoms with van der Waals surface area (Å²) >= 11 is 0. The largest absolute Gasteiger partial charge is 0.395 e. The van der Waals surface area contributed by atoms with Crippen LogP contribution in [0.3, 0.4) is 0 Å². The number of hydrogen-bond donors (Lipinski definition) is 3. The number of aliphatic hydroxyl groups excluding tert-OH is 1. The maximum absolute atomic E-state index is 11.8. The van der Waals surface area contributed by atoms with Gasteiger partial charge >= 0.3 is 0 Å². The van der Waals surface area contributed by atoms with Gasteiger partial charge in [-0.2, -0.15) is 0 Å². The van der Waals surface area contributed by atoms with Crippen molar-refractivity contribution in [3.8, 4) is 0 Å². The van der Waals surface area contributed by atoms with Gasteiger partial charge in [0, 0.05) is 25.2 Å². The Kier molecular flexibility index (Phi) is 4.58. The average Bonchev–Trinajstić information content (AvgIpc) is 2.37. The van der Waals surface area contributed by atoms with E-state index in [4.69, 9.17) is 10.9 Å². The molecule has 0 radical (unpaired) electrons. The van der Waals surface area contributed by atoms with Gasteiger partial charge in [0.05, 0.1) is 11.5 Å². The molecule has 1 aromatic carbocycles. The summed E-state index contributed by atoms with van der Waals surface area (Å²) in [6.45, 7) is -0.0176. The molecule has 0 bridgehead atoms. The molecule has 1 rings (SSSR count). The lowest BCUT2D eigenvalue weighted by Gasteiger charge is -2.15. The monoisotopic (exact) mass is 254 g/mol. The first-order valence-electron chi connectivity index (χ1n) is 5.12. The topological polar surface area (TPSA) is 122 Å². The number of nitrogen functional groups attached to an aromatic ring is 1. The van der Waals surface area contributed by atoms with Gasteiger partial charge in [-0.05, 0) is 12.1 Å². The molecule has 1 aromatic rings. The molecule has 4 N–H and O–H groups in total. The Bertz CT molecular complexity index is 463. The summed E-state index contributed by atoms with van der Waals surface area (Å²) in [4.78, 5) is 23.3. The molecule has 18 heavy (non-hydrogen) atoms. The second-order valence-corrected chi connectivity index (χ2v) is 3.58. The normalized spacial score (nSPS) is 9.94. The predicted molar refractivity (Wildman–Crippen MR) is 65.0 cm³/mol. The number of carbonyl (C=O) groups excluding carboxylic acids is 1. The molecule has 0 fully saturated rings. The summed E-state index contributed by atoms with van der Waals surface area (Å²) in [5, 5.41) is 19.5. The van der Waals surface area contributed by atoms with Gasteiger partial charge < -0.3 is 15.4 Å². The highest BCUT2D eigenvalue weighted by Gasteiger charge is 2.18. The fraction of sp³-hybridized carbons (Fsp3) is 0.300. The quantitative estimate of drug-likeness (QED) is 0.384. The van der Waals surface area contributed by atoms with Crippen LogP contribution in [0, 0.1) is 10.1 Å². The number of nitrogens with one attached hydrogen (secondary N) is 1. The van der Waals surface area contributed by atoms with Gasteiger partial charge in [0.25, 0.3) is 11.6 Å². The SMILES string of the molecule is CN(CCO)C(=O)c1ccc(NN)c([N+](=O)[O-])c1. The van der Waals surface area contributed by atoms with Gasteiger partial charge in [-0.3, -0.25) is 20.8 Å². The highest BCUT2D eigenvalue weighted by Crippen LogP contribution is 2.25. The van der Waals surface area contributed by atoms with Gasteiger partial charge in [-0.15, -0.1) is 0 Å². The summed E-state index contributed by atoms with van der Waals surface area (Å²) in [7, 11) is 1.50. The zero-order valence-electron chi connectivity index (χ0n) is 9.79. The van der Waals surface area contributed by atoms with Crippen molar-refractivity contribution in [2.24, 2.45) is 5.84 Å². The molecule has 0 unspecified atom stereocenters. The van der Waals surface area contributed by atoms with Gasteiger partial charge in [0.15, 0.2) is 0 Å². The number of rotatable bonds is 5. The Labute approximate surface area is 103 Å². The Morgan fingerprint density at radius 2 is 2.28 bits per heavy atom. The summed E-state index contributed by atoms with van der Waals surface area (Å²) < 4.78 is 0. The van der Waals surface area contributed by atoms with Gasteiger partial charge in [0.1, 0.15) is 5.69 Å². The van der Waals surface area contributed by atoms with E-state index in [-0.39, 0.29) is 30.1 Å². The van der Waals surface area contributed by atoms with E-state index in [2.05, 4.69) is 5.43 Å². The molecule has 0 atom stereocenters. The van der Waals surface area contributed by atoms with E-state index in [0.29, 0.717) is 0 Å². The number of nitrogens with two attached hydrogens (primary N) is 1. The molecule has 0 aliphatic heterocycles. The molecule has 98 valence electrons. The number of likely N-dealkylation sites (N-methyl/N-ethyl adjacent to an activating group) is 1. The number of aliphatic hydroxyl groups is 1. The molecule has 1 amide bonds. The number of hydrazine groups is 1. The van der Waals surface area contributed by atoms with Crippen LogP contribution in [0.15, 0.2) is 18.2 Å². The van der Waals surface area contributed by atoms with Crippen molar-refractivity contribution in [2.75, 3.05) is 25.6 Å². The first-order valence-corrected chi connectivity index (χ1v) is 5.12. The minimum atomic E-state index is -0.627. The Balaban J connectivity index is 3.08. The van der Waals surface area contributed by atoms with Crippen LogP contribution in [0.1, 0.15) is 10.4 Å². The van der Waals surface area contributed by atoms with Crippen molar-refractivity contribution in [1.82, 2.24) is 4.90 Å². The van der Waals surface area contributed by atoms with Crippen LogP contribution in [0.4, 0.5) is 11.4 Å². The standard InChI is InChI=1S/C10H14N4O4/c1-13(4-5-15)10(16)7-2-3-8(12-11)9(6-7)14(17)18/h2-3,6,12,15H,4-5,11H2,1H3. The predicted octanol–water partition coefficient (Wildman–Crippen LogP) is -0.0553. The van der Waals surface area contributed by atoms with Crippen LogP contribution < -0.4 is 11.3 Å². The zero-order valence-corrected chi connectivity index (χ0v) is 9.79. The van der Waals surface area contributed by atoms with Crippen LogP contribution in [0.2, 0.25) is 0 Å². The van der Waals surface area contributed by atoms with Crippen LogP contribution in [0.25, 0.3) is 0 Å². The summed E-state index contributed by atoms with van der Waals surface area (Å²) in [5.74, 6) is 4.73. The van der Waals surface area contributed by atoms with Crippen LogP contribution >= 0.6 is 0 Å². The molecular formula is C10H14N4O4. The van der Waals surface area contributed by atoms with E-state index in [1.807, 2.05) is 0 Å². The van der Waals surface area contributed by atoms with Crippen molar-refractivity contribution in [3.05, 3.63) is 33.9 Å². The van der Waals surface area contributed by atoms with Crippen LogP contribution in [-0.2, 0) is 0 Å². The molecule has 0 saturated heterocycles. The molecule has 8 heteroatoms. The average molecular weight is 254 g/mol. The number of anilines is 1. The maximum atomic E-state index is 11.8. The molecule has 8 nitrogen and oxygen atoms in total. The highest BCUT2D eigenvalue weighted by atomic mass is 16.6. The van der Waals surface area contributed by atoms with Crippen LogP contribution in [0.5, 0.6) is 0 Å². The molecule has 0 saturated carbocycles. The van der Waals surface area contributed by atoms with E-state index in [1.165, 1.54) is 24.1 Å². The van der Waals surface area contributed by atoms with E-state index in [9.17, 15) is 14.9 Å². The van der Waals surface area contributed by atoms with E-state index < -0.39 is 10.8 Å². The lowest BCUT2D eigenvalue weighted by atomic mass is 10.1. The van der Waals surface area contributed by atoms with E-state index >= 15 is 0 Å². The number of carbonyl (C=O) groups is 1. The fourth-order valence-electron chi connectivity index (χ4n) is 1.41. The van der Waals surface area contributed by atoms with Crippen molar-refractivity contribution < 1.29 is 14.8 Å². The van der Waals surface area contributed by atoms with Gasteiger partial charge in [-0.25, -0.2) is 0 Å². The van der Waals surface area contributed by atoms with Crippen molar-refractivity contribution in [1.29, 1.82) is 0 Å². The van der Waals surface area contributed by atoms with E-state index in [1.54, 1.807) is 0 Å². The molecule has 0 spiro atoms. The number of hydrogen-bond acceptors (Lipinski definition) is 6. The van der Waals surface area contributed by atoms with Gasteiger partial charge in [-0.1, -0.05) is 0 Å². The van der Waals surface area contributed by atoms with Crippen molar-refractivity contribution >= 4 is 17.3 Å². The molecule has 0 aromatic heterocycles. The van der Waals surface area contributed by atoms with Crippen molar-refractivity contribution in [2.45, 2.75) is 0 Å². The third-order valence-electron chi connectivity index (χ3n) is 2.38. The maximum Gasteiger partial charge on any atom is 0.294 e. The third-order valence-corrected chi connectivity index (χ3v) is 2.38. The molecule has 0 aliphatic rings. The lowest BCUT2D eigenvalue weighted by molar-refractivity contribution is -0.384. The first-order chi connectivity index (χ1) is 8.51. The minimum Gasteiger partial charge on any atom is -0.395 e. The van der Waals surface area contributed by atoms with Gasteiger partial charge in [0.2, 0.25) is 0 Å². The Morgan fingerprint density at radius 3 is 2.78 bits per heavy atom. The zero-order chi connectivity index (χ0) is 13.7. The molecular weight excluding hydrogens is 240 g/mol. The fourth-order valence-corrected chi connectivity index (χ4v) is 1.41. The minimum absolute atomic E-state index is 0.126. The second-order valence-electron chi connectivity index (χ2n) is 3.58. The second kappa shape index (κ2) is 5.94. The summed E-state index contributed by atoms with van der Waals surface area (Å²) in [5.41, 5.74) is 2.20. The number of nitro benzene ring substituents is 1. The third kappa shape index (κ3) is 2.93. The number of benzene rings is 1. The number of nitrogens with zero attached hydrogens (tertiary/aromatic N) is 2. The van der Waals surface area contributed by atoms with Crippen LogP contribution in [-0.4, -0.2) is 41.0 Å². The Morgan fingerprint density at radius 1 is 1.61 bits per heavy atom. The summed E-state index contributed by atoms with van der Waals surface area (Å²) in [6.07, 6.45) is 0. The number of amides is 1. The van der Waals surface area contributed by atoms with E-state index in [0.717, 1.165) is 6.07 Å². The Hall–Kier alpha value is -2.19. The number of nitro groups is 1. The molecule has 0 heterocycles. The van der Waals surface area contributed by atoms with Crippen molar-refractivity contribution in [3.63, 3.8) is 0 Å². The first kappa shape index (κ1) is 13.9. The molecule has 0 aliphatic carbocycles. The summed E-state index contributed by atoms with van der Waals surface area (Å²) in [6, 6.07) is 3.93. The highest BCUT2D eigenvalue weighted by molar-refractivity contribution is 5.95. The lowest BCUT2D eigenvalue weighted by Crippen LogP contribution is -2.29.